The summed E-state index contributed by atoms with van der Waals surface area (Å²) in [6.45, 7) is 5.63. The highest BCUT2D eigenvalue weighted by molar-refractivity contribution is 5.47. The van der Waals surface area contributed by atoms with Crippen LogP contribution in [0, 0.1) is 0 Å². The van der Waals surface area contributed by atoms with Crippen LogP contribution in [0.25, 0.3) is 0 Å². The zero-order valence-corrected chi connectivity index (χ0v) is 15.9. The Kier molecular flexibility index (Phi) is 7.15. The Labute approximate surface area is 151 Å². The van der Waals surface area contributed by atoms with Crippen LogP contribution in [0.1, 0.15) is 44.2 Å². The van der Waals surface area contributed by atoms with Crippen LogP contribution in [-0.4, -0.2) is 25.5 Å². The number of rotatable bonds is 5. The highest BCUT2D eigenvalue weighted by Gasteiger charge is 2.41. The SMILES string of the molecule is CC.CN(C)CCCC1(C2=CC=C(F)CC=C2)OCc2ccccc21. The maximum Gasteiger partial charge on any atom is 0.119 e. The summed E-state index contributed by atoms with van der Waals surface area (Å²) in [4.78, 5) is 2.19. The molecule has 0 N–H and O–H groups in total. The fourth-order valence-corrected chi connectivity index (χ4v) is 3.42. The van der Waals surface area contributed by atoms with Crippen LogP contribution in [0.15, 0.2) is 60.0 Å². The van der Waals surface area contributed by atoms with Crippen molar-refractivity contribution < 1.29 is 9.13 Å². The van der Waals surface area contributed by atoms with E-state index in [0.717, 1.165) is 25.0 Å². The Morgan fingerprint density at radius 3 is 2.68 bits per heavy atom. The Bertz CT molecular complexity index is 660. The van der Waals surface area contributed by atoms with E-state index in [1.54, 1.807) is 6.08 Å². The number of nitrogens with zero attached hydrogens (tertiary/aromatic N) is 1. The van der Waals surface area contributed by atoms with Crippen LogP contribution in [0.5, 0.6) is 0 Å². The van der Waals surface area contributed by atoms with Crippen LogP contribution in [-0.2, 0) is 16.9 Å². The van der Waals surface area contributed by atoms with E-state index >= 15 is 0 Å². The summed E-state index contributed by atoms with van der Waals surface area (Å²) in [5.41, 5.74) is 3.06. The molecule has 1 unspecified atom stereocenters. The Hall–Kier alpha value is -1.71. The van der Waals surface area contributed by atoms with Gasteiger partial charge < -0.3 is 9.64 Å². The van der Waals surface area contributed by atoms with Crippen molar-refractivity contribution in [3.63, 3.8) is 0 Å². The smallest absolute Gasteiger partial charge is 0.119 e. The molecule has 0 spiro atoms. The number of allylic oxidation sites excluding steroid dienone is 4. The fourth-order valence-electron chi connectivity index (χ4n) is 3.42. The molecule has 2 aliphatic rings. The van der Waals surface area contributed by atoms with Gasteiger partial charge in [0.2, 0.25) is 0 Å². The molecule has 1 atom stereocenters. The van der Waals surface area contributed by atoms with Crippen molar-refractivity contribution in [2.45, 2.75) is 45.3 Å². The van der Waals surface area contributed by atoms with Crippen molar-refractivity contribution in [1.82, 2.24) is 4.90 Å². The lowest BCUT2D eigenvalue weighted by atomic mass is 9.81. The Morgan fingerprint density at radius 2 is 1.92 bits per heavy atom. The Balaban J connectivity index is 0.00000109. The number of hydrogen-bond donors (Lipinski definition) is 0. The van der Waals surface area contributed by atoms with Gasteiger partial charge in [0.25, 0.3) is 0 Å². The number of benzene rings is 1. The fraction of sp³-hybridized carbons (Fsp3) is 0.455. The highest BCUT2D eigenvalue weighted by Crippen LogP contribution is 2.46. The minimum Gasteiger partial charge on any atom is -0.361 e. The van der Waals surface area contributed by atoms with Crippen molar-refractivity contribution in [2.75, 3.05) is 20.6 Å². The molecule has 2 nitrogen and oxygen atoms in total. The van der Waals surface area contributed by atoms with Gasteiger partial charge in [0.1, 0.15) is 11.4 Å². The molecule has 1 heterocycles. The minimum atomic E-state index is -0.454. The van der Waals surface area contributed by atoms with Crippen molar-refractivity contribution >= 4 is 0 Å². The average molecular weight is 343 g/mol. The molecule has 1 aromatic carbocycles. The lowest BCUT2D eigenvalue weighted by Crippen LogP contribution is -2.29. The third-order valence-corrected chi connectivity index (χ3v) is 4.58. The minimum absolute atomic E-state index is 0.106. The van der Waals surface area contributed by atoms with E-state index in [-0.39, 0.29) is 5.83 Å². The second kappa shape index (κ2) is 9.12. The van der Waals surface area contributed by atoms with Gasteiger partial charge in [-0.2, -0.15) is 0 Å². The van der Waals surface area contributed by atoms with E-state index in [9.17, 15) is 4.39 Å². The van der Waals surface area contributed by atoms with Gasteiger partial charge in [-0.25, -0.2) is 4.39 Å². The Morgan fingerprint density at radius 1 is 1.16 bits per heavy atom. The van der Waals surface area contributed by atoms with E-state index in [2.05, 4.69) is 43.3 Å². The number of hydrogen-bond acceptors (Lipinski definition) is 2. The lowest BCUT2D eigenvalue weighted by molar-refractivity contribution is -0.0145. The molecule has 3 rings (SSSR count). The van der Waals surface area contributed by atoms with Crippen LogP contribution in [0.4, 0.5) is 4.39 Å². The summed E-state index contributed by atoms with van der Waals surface area (Å²) in [6.07, 6.45) is 9.66. The predicted molar refractivity (Wildman–Crippen MR) is 103 cm³/mol. The summed E-state index contributed by atoms with van der Waals surface area (Å²) in [7, 11) is 4.16. The molecule has 0 bridgehead atoms. The van der Waals surface area contributed by atoms with Gasteiger partial charge in [-0.15, -0.1) is 0 Å². The molecule has 0 saturated heterocycles. The molecule has 3 heteroatoms. The largest absolute Gasteiger partial charge is 0.361 e. The summed E-state index contributed by atoms with van der Waals surface area (Å²) in [5, 5.41) is 0. The van der Waals surface area contributed by atoms with Crippen molar-refractivity contribution in [3.8, 4) is 0 Å². The quantitative estimate of drug-likeness (QED) is 0.698. The molecule has 0 radical (unpaired) electrons. The van der Waals surface area contributed by atoms with Crippen molar-refractivity contribution in [1.29, 1.82) is 0 Å². The predicted octanol–water partition coefficient (Wildman–Crippen LogP) is 5.52. The molecular weight excluding hydrogens is 313 g/mol. The van der Waals surface area contributed by atoms with Crippen LogP contribution in [0.3, 0.4) is 0 Å². The zero-order chi connectivity index (χ0) is 18.3. The molecule has 0 fully saturated rings. The third kappa shape index (κ3) is 4.47. The molecule has 1 aliphatic carbocycles. The van der Waals surface area contributed by atoms with Gasteiger partial charge in [0, 0.05) is 6.42 Å². The first kappa shape index (κ1) is 19.6. The molecular formula is C22H30FNO. The van der Waals surface area contributed by atoms with Crippen molar-refractivity contribution in [3.05, 3.63) is 71.1 Å². The maximum absolute atomic E-state index is 13.6. The van der Waals surface area contributed by atoms with Gasteiger partial charge in [-0.3, -0.25) is 0 Å². The molecule has 0 amide bonds. The molecule has 25 heavy (non-hydrogen) atoms. The third-order valence-electron chi connectivity index (χ3n) is 4.58. The molecule has 0 aromatic heterocycles. The number of fused-ring (bicyclic) bond motifs is 1. The maximum atomic E-state index is 13.6. The molecule has 136 valence electrons. The topological polar surface area (TPSA) is 12.5 Å². The molecule has 1 aliphatic heterocycles. The molecule has 1 aromatic rings. The first-order valence-electron chi connectivity index (χ1n) is 9.22. The summed E-state index contributed by atoms with van der Waals surface area (Å²) in [5.74, 6) is -0.106. The van der Waals surface area contributed by atoms with Gasteiger partial charge in [0.05, 0.1) is 6.61 Å². The van der Waals surface area contributed by atoms with E-state index in [1.807, 2.05) is 32.1 Å². The van der Waals surface area contributed by atoms with Gasteiger partial charge in [-0.1, -0.05) is 56.3 Å². The van der Waals surface area contributed by atoms with E-state index < -0.39 is 5.60 Å². The number of halogens is 1. The van der Waals surface area contributed by atoms with Gasteiger partial charge >= 0.3 is 0 Å². The van der Waals surface area contributed by atoms with Crippen molar-refractivity contribution in [2.24, 2.45) is 0 Å². The van der Waals surface area contributed by atoms with E-state index in [0.29, 0.717) is 13.0 Å². The first-order chi connectivity index (χ1) is 12.1. The molecule has 0 saturated carbocycles. The van der Waals surface area contributed by atoms with E-state index in [4.69, 9.17) is 4.74 Å². The highest BCUT2D eigenvalue weighted by atomic mass is 19.1. The first-order valence-corrected chi connectivity index (χ1v) is 9.22. The van der Waals surface area contributed by atoms with Crippen LogP contribution >= 0.6 is 0 Å². The summed E-state index contributed by atoms with van der Waals surface area (Å²) >= 11 is 0. The van der Waals surface area contributed by atoms with Crippen LogP contribution in [0.2, 0.25) is 0 Å². The van der Waals surface area contributed by atoms with E-state index in [1.165, 1.54) is 11.1 Å². The summed E-state index contributed by atoms with van der Waals surface area (Å²) in [6, 6.07) is 8.39. The zero-order valence-electron chi connectivity index (χ0n) is 15.9. The second-order valence-corrected chi connectivity index (χ2v) is 6.52. The second-order valence-electron chi connectivity index (χ2n) is 6.52. The standard InChI is InChI=1S/C20H24FNO.C2H6/c1-22(2)14-6-13-20(17-8-5-9-18(21)12-11-17)19-10-4-3-7-16(19)15-23-20;1-2/h3-5,7-8,10-12H,6,9,13-15H2,1-2H3;1-2H3. The van der Waals surface area contributed by atoms with Crippen LogP contribution < -0.4 is 0 Å². The summed E-state index contributed by atoms with van der Waals surface area (Å²) < 4.78 is 19.9. The van der Waals surface area contributed by atoms with Gasteiger partial charge in [-0.05, 0) is 56.3 Å². The van der Waals surface area contributed by atoms with Gasteiger partial charge in [0.15, 0.2) is 0 Å². The monoisotopic (exact) mass is 343 g/mol. The normalized spacial score (nSPS) is 21.8. The lowest BCUT2D eigenvalue weighted by Gasteiger charge is -2.32. The number of ether oxygens (including phenoxy) is 1. The average Bonchev–Trinajstić information content (AvgIpc) is 2.84.